The Labute approximate surface area is 221 Å². The number of aliphatic carboxylic acids is 1. The fourth-order valence-corrected chi connectivity index (χ4v) is 6.80. The molecule has 1 spiro atoms. The number of aliphatic hydroxyl groups is 1. The zero-order valence-electron chi connectivity index (χ0n) is 21.7. The molecule has 5 atom stereocenters. The third-order valence-corrected chi connectivity index (χ3v) is 8.47. The number of carbonyl (C=O) groups is 3. The monoisotopic (exact) mass is 525 g/mol. The van der Waals surface area contributed by atoms with Crippen LogP contribution in [0.25, 0.3) is 11.0 Å². The predicted molar refractivity (Wildman–Crippen MR) is 137 cm³/mol. The number of aromatic nitrogens is 3. The summed E-state index contributed by atoms with van der Waals surface area (Å²) in [5.74, 6) is -3.63. The number of rotatable bonds is 12. The maximum Gasteiger partial charge on any atom is 0.310 e. The largest absolute Gasteiger partial charge is 0.481 e. The van der Waals surface area contributed by atoms with Crippen LogP contribution in [0.4, 0.5) is 0 Å². The summed E-state index contributed by atoms with van der Waals surface area (Å²) in [5, 5.41) is 27.6. The molecule has 2 unspecified atom stereocenters. The van der Waals surface area contributed by atoms with E-state index in [1.54, 1.807) is 27.5 Å². The van der Waals surface area contributed by atoms with Gasteiger partial charge in [-0.05, 0) is 44.7 Å². The molecule has 3 fully saturated rings. The van der Waals surface area contributed by atoms with E-state index in [0.29, 0.717) is 37.7 Å². The summed E-state index contributed by atoms with van der Waals surface area (Å²) in [4.78, 5) is 43.7. The minimum Gasteiger partial charge on any atom is -0.481 e. The van der Waals surface area contributed by atoms with Gasteiger partial charge in [-0.1, -0.05) is 36.3 Å². The van der Waals surface area contributed by atoms with Crippen LogP contribution in [0.15, 0.2) is 36.9 Å². The van der Waals surface area contributed by atoms with Crippen molar-refractivity contribution >= 4 is 28.8 Å². The van der Waals surface area contributed by atoms with E-state index in [1.807, 2.05) is 24.3 Å². The number of hydrogen-bond acceptors (Lipinski definition) is 7. The standard InChI is InChI=1S/C27H35N5O6/c1-3-14-30(17-32-19-11-7-6-10-18(19)28-29-32)24(35)22-27-13-12-26(2,38-27)21(25(36)37)20(27)23(34)31(22)15-8-4-5-9-16-33/h3,6-7,10-11,20-22,33H,1,4-5,8-9,12-17H2,2H3,(H,36,37)/t20-,21-,22?,26+,27?/m0/s1. The van der Waals surface area contributed by atoms with Gasteiger partial charge in [0.25, 0.3) is 0 Å². The van der Waals surface area contributed by atoms with Crippen molar-refractivity contribution in [1.29, 1.82) is 0 Å². The molecule has 0 radical (unpaired) electrons. The van der Waals surface area contributed by atoms with Gasteiger partial charge in [-0.3, -0.25) is 14.4 Å². The number of unbranched alkanes of at least 4 members (excludes halogenated alkanes) is 3. The van der Waals surface area contributed by atoms with Gasteiger partial charge in [0, 0.05) is 19.7 Å². The lowest BCUT2D eigenvalue weighted by Gasteiger charge is -2.36. The Morgan fingerprint density at radius 1 is 1.24 bits per heavy atom. The second kappa shape index (κ2) is 10.1. The highest BCUT2D eigenvalue weighted by molar-refractivity contribution is 5.98. The fourth-order valence-electron chi connectivity index (χ4n) is 6.80. The van der Waals surface area contributed by atoms with E-state index in [0.717, 1.165) is 18.4 Å². The molecular formula is C27H35N5O6. The normalized spacial score (nSPS) is 29.7. The number of likely N-dealkylation sites (tertiary alicyclic amines) is 1. The maximum absolute atomic E-state index is 14.4. The quantitative estimate of drug-likeness (QED) is 0.316. The Morgan fingerprint density at radius 3 is 2.74 bits per heavy atom. The lowest BCUT2D eigenvalue weighted by atomic mass is 9.66. The van der Waals surface area contributed by atoms with E-state index in [2.05, 4.69) is 16.9 Å². The zero-order chi connectivity index (χ0) is 27.1. The second-order valence-electron chi connectivity index (χ2n) is 10.8. The van der Waals surface area contributed by atoms with E-state index < -0.39 is 35.0 Å². The van der Waals surface area contributed by atoms with Gasteiger partial charge in [0.1, 0.15) is 23.8 Å². The molecule has 204 valence electrons. The smallest absolute Gasteiger partial charge is 0.310 e. The average Bonchev–Trinajstić information content (AvgIpc) is 3.59. The summed E-state index contributed by atoms with van der Waals surface area (Å²) >= 11 is 0. The summed E-state index contributed by atoms with van der Waals surface area (Å²) in [5.41, 5.74) is -0.720. The predicted octanol–water partition coefficient (Wildman–Crippen LogP) is 1.81. The van der Waals surface area contributed by atoms with Gasteiger partial charge in [0.05, 0.1) is 23.0 Å². The highest BCUT2D eigenvalue weighted by atomic mass is 16.5. The summed E-state index contributed by atoms with van der Waals surface area (Å²) in [6, 6.07) is 6.51. The minimum absolute atomic E-state index is 0.0980. The van der Waals surface area contributed by atoms with Crippen LogP contribution < -0.4 is 0 Å². The van der Waals surface area contributed by atoms with Crippen molar-refractivity contribution in [3.63, 3.8) is 0 Å². The van der Waals surface area contributed by atoms with Gasteiger partial charge >= 0.3 is 5.97 Å². The van der Waals surface area contributed by atoms with Gasteiger partial charge in [0.2, 0.25) is 11.8 Å². The van der Waals surface area contributed by atoms with E-state index in [1.165, 1.54) is 0 Å². The first kappa shape index (κ1) is 26.3. The first-order valence-corrected chi connectivity index (χ1v) is 13.3. The number of carboxylic acid groups (broad SMARTS) is 1. The van der Waals surface area contributed by atoms with Crippen LogP contribution in [0.2, 0.25) is 0 Å². The number of nitrogens with zero attached hydrogens (tertiary/aromatic N) is 5. The fraction of sp³-hybridized carbons (Fsp3) is 0.593. The highest BCUT2D eigenvalue weighted by Gasteiger charge is 2.78. The van der Waals surface area contributed by atoms with Gasteiger partial charge in [-0.25, -0.2) is 4.68 Å². The first-order valence-electron chi connectivity index (χ1n) is 13.3. The van der Waals surface area contributed by atoms with Crippen LogP contribution >= 0.6 is 0 Å². The molecule has 11 nitrogen and oxygen atoms in total. The number of benzene rings is 1. The molecule has 2 amide bonds. The number of carbonyl (C=O) groups excluding carboxylic acids is 2. The number of para-hydroxylation sites is 1. The molecule has 0 aliphatic carbocycles. The van der Waals surface area contributed by atoms with E-state index >= 15 is 0 Å². The second-order valence-corrected chi connectivity index (χ2v) is 10.8. The van der Waals surface area contributed by atoms with Crippen LogP contribution in [0.1, 0.15) is 45.4 Å². The highest BCUT2D eigenvalue weighted by Crippen LogP contribution is 2.63. The molecule has 2 aromatic rings. The first-order chi connectivity index (χ1) is 18.3. The number of carboxylic acids is 1. The molecule has 1 aromatic carbocycles. The number of amides is 2. The Hall–Kier alpha value is -3.31. The number of hydrogen-bond donors (Lipinski definition) is 2. The van der Waals surface area contributed by atoms with Gasteiger partial charge < -0.3 is 24.7 Å². The Morgan fingerprint density at radius 2 is 2.00 bits per heavy atom. The van der Waals surface area contributed by atoms with Gasteiger partial charge in [0.15, 0.2) is 0 Å². The molecule has 3 saturated heterocycles. The average molecular weight is 526 g/mol. The van der Waals surface area contributed by atoms with Gasteiger partial charge in [-0.2, -0.15) is 0 Å². The molecule has 0 saturated carbocycles. The van der Waals surface area contributed by atoms with Crippen LogP contribution in [0.3, 0.4) is 0 Å². The van der Waals surface area contributed by atoms with Crippen molar-refractivity contribution < 1.29 is 29.3 Å². The van der Waals surface area contributed by atoms with Crippen LogP contribution in [-0.2, 0) is 25.8 Å². The molecule has 11 heteroatoms. The topological polar surface area (TPSA) is 138 Å². The van der Waals surface area contributed by atoms with Crippen molar-refractivity contribution in [2.45, 2.75) is 69.4 Å². The lowest BCUT2D eigenvalue weighted by Crippen LogP contribution is -2.56. The van der Waals surface area contributed by atoms with Crippen LogP contribution in [-0.4, -0.2) is 89.7 Å². The minimum atomic E-state index is -1.19. The van der Waals surface area contributed by atoms with Crippen LogP contribution in [0.5, 0.6) is 0 Å². The molecular weight excluding hydrogens is 490 g/mol. The summed E-state index contributed by atoms with van der Waals surface area (Å²) in [6.45, 7) is 6.30. The molecule has 5 rings (SSSR count). The van der Waals surface area contributed by atoms with Crippen molar-refractivity contribution in [1.82, 2.24) is 24.8 Å². The maximum atomic E-state index is 14.4. The molecule has 2 bridgehead atoms. The molecule has 38 heavy (non-hydrogen) atoms. The lowest BCUT2D eigenvalue weighted by molar-refractivity contribution is -0.156. The van der Waals surface area contributed by atoms with Crippen molar-refractivity contribution in [2.75, 3.05) is 19.7 Å². The molecule has 4 heterocycles. The molecule has 1 aromatic heterocycles. The van der Waals surface area contributed by atoms with Gasteiger partial charge in [-0.15, -0.1) is 11.7 Å². The third kappa shape index (κ3) is 4.08. The SMILES string of the molecule is C=CCN(Cn1nnc2ccccc21)C(=O)C1N(CCCCCCO)C(=O)[C@@H]2[C@@H](C(=O)O)[C@@]3(C)CCC12O3. The zero-order valence-corrected chi connectivity index (χ0v) is 21.7. The Balaban J connectivity index is 1.49. The summed E-state index contributed by atoms with van der Waals surface area (Å²) < 4.78 is 8.11. The van der Waals surface area contributed by atoms with Crippen molar-refractivity contribution in [3.8, 4) is 0 Å². The Bertz CT molecular complexity index is 1250. The number of fused-ring (bicyclic) bond motifs is 2. The van der Waals surface area contributed by atoms with Crippen molar-refractivity contribution in [2.24, 2.45) is 11.8 Å². The number of aliphatic hydroxyl groups excluding tert-OH is 1. The molecule has 3 aliphatic heterocycles. The Kier molecular flexibility index (Phi) is 6.99. The molecule has 3 aliphatic rings. The van der Waals surface area contributed by atoms with Crippen LogP contribution in [0, 0.1) is 11.8 Å². The van der Waals surface area contributed by atoms with E-state index in [9.17, 15) is 19.5 Å². The van der Waals surface area contributed by atoms with Crippen molar-refractivity contribution in [3.05, 3.63) is 36.9 Å². The van der Waals surface area contributed by atoms with E-state index in [-0.39, 0.29) is 31.6 Å². The summed E-state index contributed by atoms with van der Waals surface area (Å²) in [6.07, 6.45) is 5.43. The number of ether oxygens (including phenoxy) is 1. The van der Waals surface area contributed by atoms with E-state index in [4.69, 9.17) is 9.84 Å². The third-order valence-electron chi connectivity index (χ3n) is 8.47. The summed E-state index contributed by atoms with van der Waals surface area (Å²) in [7, 11) is 0. The molecule has 2 N–H and O–H groups in total.